The molecule has 0 bridgehead atoms. The Labute approximate surface area is 149 Å². The van der Waals surface area contributed by atoms with E-state index >= 15 is 0 Å². The number of hydrogen-bond acceptors (Lipinski definition) is 5. The number of rotatable bonds is 4. The molecule has 2 aliphatic rings. The Kier molecular flexibility index (Phi) is 4.83. The summed E-state index contributed by atoms with van der Waals surface area (Å²) in [6.45, 7) is 2.03. The van der Waals surface area contributed by atoms with E-state index in [4.69, 9.17) is 4.74 Å². The molecule has 0 saturated carbocycles. The Morgan fingerprint density at radius 3 is 2.64 bits per heavy atom. The lowest BCUT2D eigenvalue weighted by Gasteiger charge is -2.36. The molecule has 0 unspecified atom stereocenters. The second-order valence-corrected chi connectivity index (χ2v) is 6.95. The van der Waals surface area contributed by atoms with Crippen molar-refractivity contribution in [2.75, 3.05) is 25.1 Å². The number of hydrogen-bond donors (Lipinski definition) is 1. The summed E-state index contributed by atoms with van der Waals surface area (Å²) < 4.78 is 5.57. The van der Waals surface area contributed by atoms with Crippen LogP contribution >= 0.6 is 0 Å². The van der Waals surface area contributed by atoms with Crippen LogP contribution in [-0.4, -0.2) is 36.2 Å². The van der Waals surface area contributed by atoms with E-state index in [0.29, 0.717) is 12.1 Å². The fourth-order valence-corrected chi connectivity index (χ4v) is 4.16. The minimum Gasteiger partial charge on any atom is -0.496 e. The molecule has 2 aromatic rings. The van der Waals surface area contributed by atoms with Gasteiger partial charge in [-0.3, -0.25) is 0 Å². The largest absolute Gasteiger partial charge is 0.496 e. The van der Waals surface area contributed by atoms with E-state index in [2.05, 4.69) is 38.4 Å². The van der Waals surface area contributed by atoms with E-state index in [-0.39, 0.29) is 0 Å². The van der Waals surface area contributed by atoms with Gasteiger partial charge in [0.15, 0.2) is 0 Å². The van der Waals surface area contributed by atoms with Gasteiger partial charge in [0.05, 0.1) is 7.11 Å². The van der Waals surface area contributed by atoms with Gasteiger partial charge in [-0.15, -0.1) is 0 Å². The van der Waals surface area contributed by atoms with Crippen molar-refractivity contribution in [2.45, 2.75) is 44.2 Å². The standard InChI is InChI=1S/C20H26N4O/c1-25-19-8-3-5-16-17(19)6-2-7-18(16)23-15-9-13-24(14-10-15)20-21-11-4-12-22-20/h3-5,8,11-12,15,18,23H,2,6-7,9-10,13-14H2,1H3/t18-/m0/s1. The van der Waals surface area contributed by atoms with Crippen LogP contribution in [0.3, 0.4) is 0 Å². The molecule has 0 spiro atoms. The topological polar surface area (TPSA) is 50.3 Å². The van der Waals surface area contributed by atoms with Crippen molar-refractivity contribution in [1.29, 1.82) is 0 Å². The molecular weight excluding hydrogens is 312 g/mol. The Bertz CT molecular complexity index is 698. The summed E-state index contributed by atoms with van der Waals surface area (Å²) in [7, 11) is 1.77. The summed E-state index contributed by atoms with van der Waals surface area (Å²) in [4.78, 5) is 11.0. The summed E-state index contributed by atoms with van der Waals surface area (Å²) in [5.74, 6) is 1.90. The summed E-state index contributed by atoms with van der Waals surface area (Å²) in [6, 6.07) is 9.34. The highest BCUT2D eigenvalue weighted by Gasteiger charge is 2.27. The third-order valence-electron chi connectivity index (χ3n) is 5.45. The molecule has 2 heterocycles. The van der Waals surface area contributed by atoms with E-state index in [0.717, 1.165) is 44.0 Å². The molecule has 1 aromatic carbocycles. The highest BCUT2D eigenvalue weighted by Crippen LogP contribution is 2.36. The number of nitrogens with zero attached hydrogens (tertiary/aromatic N) is 3. The summed E-state index contributed by atoms with van der Waals surface area (Å²) in [6.07, 6.45) is 9.46. The predicted molar refractivity (Wildman–Crippen MR) is 99.1 cm³/mol. The molecule has 1 aromatic heterocycles. The molecule has 1 N–H and O–H groups in total. The van der Waals surface area contributed by atoms with Crippen molar-refractivity contribution in [3.63, 3.8) is 0 Å². The maximum atomic E-state index is 5.57. The highest BCUT2D eigenvalue weighted by molar-refractivity contribution is 5.43. The summed E-state index contributed by atoms with van der Waals surface area (Å²) in [5.41, 5.74) is 2.82. The second-order valence-electron chi connectivity index (χ2n) is 6.95. The molecule has 5 nitrogen and oxygen atoms in total. The third-order valence-corrected chi connectivity index (χ3v) is 5.45. The minimum absolute atomic E-state index is 0.448. The van der Waals surface area contributed by atoms with Gasteiger partial charge in [-0.2, -0.15) is 0 Å². The van der Waals surface area contributed by atoms with E-state index in [1.54, 1.807) is 7.11 Å². The van der Waals surface area contributed by atoms with Crippen molar-refractivity contribution < 1.29 is 4.74 Å². The molecule has 1 atom stereocenters. The lowest BCUT2D eigenvalue weighted by molar-refractivity contribution is 0.340. The summed E-state index contributed by atoms with van der Waals surface area (Å²) in [5, 5.41) is 3.91. The number of anilines is 1. The molecule has 5 heteroatoms. The first kappa shape index (κ1) is 16.3. The normalized spacial score (nSPS) is 21.0. The molecule has 0 amide bonds. The van der Waals surface area contributed by atoms with Crippen LogP contribution in [0.1, 0.15) is 42.9 Å². The van der Waals surface area contributed by atoms with E-state index < -0.39 is 0 Å². The zero-order valence-electron chi connectivity index (χ0n) is 14.8. The summed E-state index contributed by atoms with van der Waals surface area (Å²) >= 11 is 0. The molecule has 0 radical (unpaired) electrons. The Morgan fingerprint density at radius 2 is 1.88 bits per heavy atom. The van der Waals surface area contributed by atoms with E-state index in [1.807, 2.05) is 18.5 Å². The van der Waals surface area contributed by atoms with E-state index in [9.17, 15) is 0 Å². The zero-order valence-corrected chi connectivity index (χ0v) is 14.8. The fourth-order valence-electron chi connectivity index (χ4n) is 4.16. The minimum atomic E-state index is 0.448. The van der Waals surface area contributed by atoms with Crippen molar-refractivity contribution in [1.82, 2.24) is 15.3 Å². The van der Waals surface area contributed by atoms with Gasteiger partial charge in [0, 0.05) is 37.6 Å². The number of ether oxygens (including phenoxy) is 1. The quantitative estimate of drug-likeness (QED) is 0.928. The molecule has 25 heavy (non-hydrogen) atoms. The Balaban J connectivity index is 1.40. The molecule has 1 aliphatic heterocycles. The number of benzene rings is 1. The fraction of sp³-hybridized carbons (Fsp3) is 0.500. The molecule has 1 aliphatic carbocycles. The first-order chi connectivity index (χ1) is 12.3. The molecule has 4 rings (SSSR count). The van der Waals surface area contributed by atoms with Crippen molar-refractivity contribution in [3.8, 4) is 5.75 Å². The van der Waals surface area contributed by atoms with Crippen LogP contribution < -0.4 is 15.0 Å². The van der Waals surface area contributed by atoms with Crippen LogP contribution in [0.2, 0.25) is 0 Å². The number of nitrogens with one attached hydrogen (secondary N) is 1. The van der Waals surface area contributed by atoms with Gasteiger partial charge >= 0.3 is 0 Å². The van der Waals surface area contributed by atoms with Gasteiger partial charge in [0.25, 0.3) is 0 Å². The van der Waals surface area contributed by atoms with Crippen LogP contribution in [0.4, 0.5) is 5.95 Å². The van der Waals surface area contributed by atoms with Crippen LogP contribution in [0.15, 0.2) is 36.7 Å². The van der Waals surface area contributed by atoms with Crippen LogP contribution in [0.5, 0.6) is 5.75 Å². The molecule has 1 fully saturated rings. The SMILES string of the molecule is COc1cccc2c1CCC[C@@H]2NC1CCN(c2ncccn2)CC1. The van der Waals surface area contributed by atoms with Gasteiger partial charge in [-0.25, -0.2) is 9.97 Å². The van der Waals surface area contributed by atoms with Gasteiger partial charge < -0.3 is 15.0 Å². The van der Waals surface area contributed by atoms with Gasteiger partial charge in [-0.1, -0.05) is 12.1 Å². The maximum Gasteiger partial charge on any atom is 0.225 e. The van der Waals surface area contributed by atoms with Gasteiger partial charge in [-0.05, 0) is 55.4 Å². The zero-order chi connectivity index (χ0) is 17.1. The lowest BCUT2D eigenvalue weighted by atomic mass is 9.86. The average Bonchev–Trinajstić information content (AvgIpc) is 2.69. The monoisotopic (exact) mass is 338 g/mol. The Morgan fingerprint density at radius 1 is 1.08 bits per heavy atom. The second kappa shape index (κ2) is 7.40. The van der Waals surface area contributed by atoms with Crippen LogP contribution in [0, 0.1) is 0 Å². The number of fused-ring (bicyclic) bond motifs is 1. The predicted octanol–water partition coefficient (Wildman–Crippen LogP) is 3.12. The van der Waals surface area contributed by atoms with Crippen LogP contribution in [0.25, 0.3) is 0 Å². The van der Waals surface area contributed by atoms with Crippen molar-refractivity contribution >= 4 is 5.95 Å². The molecule has 132 valence electrons. The van der Waals surface area contributed by atoms with Crippen molar-refractivity contribution in [3.05, 3.63) is 47.8 Å². The van der Waals surface area contributed by atoms with E-state index in [1.165, 1.54) is 24.0 Å². The number of piperidine rings is 1. The van der Waals surface area contributed by atoms with Gasteiger partial charge in [0.2, 0.25) is 5.95 Å². The maximum absolute atomic E-state index is 5.57. The first-order valence-corrected chi connectivity index (χ1v) is 9.29. The highest BCUT2D eigenvalue weighted by atomic mass is 16.5. The van der Waals surface area contributed by atoms with Gasteiger partial charge in [0.1, 0.15) is 5.75 Å². The Hall–Kier alpha value is -2.14. The number of methoxy groups -OCH3 is 1. The number of aromatic nitrogens is 2. The first-order valence-electron chi connectivity index (χ1n) is 9.29. The molecular formula is C20H26N4O. The lowest BCUT2D eigenvalue weighted by Crippen LogP contribution is -2.44. The smallest absolute Gasteiger partial charge is 0.225 e. The van der Waals surface area contributed by atoms with Crippen molar-refractivity contribution in [2.24, 2.45) is 0 Å². The van der Waals surface area contributed by atoms with Crippen LogP contribution in [-0.2, 0) is 6.42 Å². The third kappa shape index (κ3) is 3.47. The molecule has 1 saturated heterocycles. The average molecular weight is 338 g/mol.